The van der Waals surface area contributed by atoms with Crippen LogP contribution in [0, 0.1) is 0 Å². The Morgan fingerprint density at radius 3 is 2.50 bits per heavy atom. The van der Waals surface area contributed by atoms with Crippen molar-refractivity contribution in [3.8, 4) is 0 Å². The molecule has 7 nitrogen and oxygen atoms in total. The van der Waals surface area contributed by atoms with E-state index >= 15 is 0 Å². The Labute approximate surface area is 103 Å². The molecule has 96 valence electrons. The fraction of sp³-hybridized carbons (Fsp3) is 0.200. The first-order valence-electron chi connectivity index (χ1n) is 4.82. The first-order chi connectivity index (χ1) is 8.45. The number of carbonyl (C=O) groups is 1. The van der Waals surface area contributed by atoms with Crippen LogP contribution in [0.2, 0.25) is 0 Å². The Balaban J connectivity index is 2.93. The van der Waals surface area contributed by atoms with Gasteiger partial charge in [0, 0.05) is 0 Å². The Morgan fingerprint density at radius 2 is 2.00 bits per heavy atom. The summed E-state index contributed by atoms with van der Waals surface area (Å²) in [6.07, 6.45) is -0.876. The number of isocyanates is 1. The lowest BCUT2D eigenvalue weighted by molar-refractivity contribution is -0.137. The van der Waals surface area contributed by atoms with Gasteiger partial charge in [-0.15, -0.1) is 0 Å². The summed E-state index contributed by atoms with van der Waals surface area (Å²) in [4.78, 5) is 23.6. The molecule has 0 amide bonds. The number of carboxylic acids is 1. The lowest BCUT2D eigenvalue weighted by atomic mass is 10.4. The maximum atomic E-state index is 11.8. The van der Waals surface area contributed by atoms with Gasteiger partial charge < -0.3 is 5.11 Å². The van der Waals surface area contributed by atoms with Crippen LogP contribution < -0.4 is 4.72 Å². The number of benzene rings is 1. The summed E-state index contributed by atoms with van der Waals surface area (Å²) in [5, 5.41) is 8.55. The molecule has 0 radical (unpaired) electrons. The van der Waals surface area contributed by atoms with Crippen molar-refractivity contribution in [3.63, 3.8) is 0 Å². The lowest BCUT2D eigenvalue weighted by Gasteiger charge is -2.11. The third kappa shape index (κ3) is 4.10. The van der Waals surface area contributed by atoms with E-state index in [-0.39, 0.29) is 4.90 Å². The maximum Gasteiger partial charge on any atom is 0.306 e. The number of carboxylic acid groups (broad SMARTS) is 1. The monoisotopic (exact) mass is 270 g/mol. The third-order valence-corrected chi connectivity index (χ3v) is 3.40. The number of sulfonamides is 1. The normalized spacial score (nSPS) is 12.4. The van der Waals surface area contributed by atoms with Crippen molar-refractivity contribution in [2.45, 2.75) is 17.5 Å². The van der Waals surface area contributed by atoms with Crippen molar-refractivity contribution in [1.29, 1.82) is 0 Å². The predicted molar refractivity (Wildman–Crippen MR) is 60.9 cm³/mol. The first kappa shape index (κ1) is 14.0. The molecule has 18 heavy (non-hydrogen) atoms. The fourth-order valence-electron chi connectivity index (χ4n) is 1.19. The molecule has 0 aliphatic rings. The van der Waals surface area contributed by atoms with Gasteiger partial charge in [0.05, 0.1) is 11.3 Å². The van der Waals surface area contributed by atoms with E-state index in [0.29, 0.717) is 0 Å². The van der Waals surface area contributed by atoms with E-state index < -0.39 is 28.6 Å². The second-order valence-electron chi connectivity index (χ2n) is 3.27. The molecule has 1 aromatic rings. The molecule has 8 heteroatoms. The van der Waals surface area contributed by atoms with Crippen LogP contribution in [0.3, 0.4) is 0 Å². The van der Waals surface area contributed by atoms with Crippen molar-refractivity contribution in [2.24, 2.45) is 4.99 Å². The Morgan fingerprint density at radius 1 is 1.39 bits per heavy atom. The summed E-state index contributed by atoms with van der Waals surface area (Å²) < 4.78 is 25.6. The molecule has 0 unspecified atom stereocenters. The number of aliphatic imine (C=N–C) groups is 1. The average molecular weight is 270 g/mol. The second kappa shape index (κ2) is 6.06. The molecule has 0 fully saturated rings. The molecular weight excluding hydrogens is 260 g/mol. The highest BCUT2D eigenvalue weighted by atomic mass is 32.2. The highest BCUT2D eigenvalue weighted by molar-refractivity contribution is 7.89. The number of rotatable bonds is 6. The fourth-order valence-corrected chi connectivity index (χ4v) is 2.34. The van der Waals surface area contributed by atoms with Crippen molar-refractivity contribution >= 4 is 22.1 Å². The van der Waals surface area contributed by atoms with E-state index in [9.17, 15) is 18.0 Å². The number of aliphatic carboxylic acids is 1. The Kier molecular flexibility index (Phi) is 4.73. The number of nitrogens with one attached hydrogen (secondary N) is 1. The van der Waals surface area contributed by atoms with Crippen LogP contribution in [0.4, 0.5) is 0 Å². The lowest BCUT2D eigenvalue weighted by Crippen LogP contribution is -2.35. The zero-order valence-electron chi connectivity index (χ0n) is 9.11. The molecule has 0 aliphatic heterocycles. The van der Waals surface area contributed by atoms with E-state index in [1.807, 2.05) is 4.72 Å². The van der Waals surface area contributed by atoms with Crippen LogP contribution in [-0.2, 0) is 19.6 Å². The number of nitrogens with zero attached hydrogens (tertiary/aromatic N) is 1. The minimum Gasteiger partial charge on any atom is -0.481 e. The molecule has 0 heterocycles. The van der Waals surface area contributed by atoms with E-state index in [1.54, 1.807) is 6.07 Å². The molecule has 0 bridgehead atoms. The SMILES string of the molecule is O=C=N[C@H](CC(=O)O)NS(=O)(=O)c1ccccc1. The molecule has 0 aliphatic carbocycles. The maximum absolute atomic E-state index is 11.8. The zero-order valence-corrected chi connectivity index (χ0v) is 9.92. The van der Waals surface area contributed by atoms with Gasteiger partial charge in [0.2, 0.25) is 16.1 Å². The largest absolute Gasteiger partial charge is 0.481 e. The third-order valence-electron chi connectivity index (χ3n) is 1.92. The molecule has 2 N–H and O–H groups in total. The molecule has 0 saturated carbocycles. The second-order valence-corrected chi connectivity index (χ2v) is 4.98. The summed E-state index contributed by atoms with van der Waals surface area (Å²) in [7, 11) is -3.91. The van der Waals surface area contributed by atoms with Crippen LogP contribution in [0.5, 0.6) is 0 Å². The number of hydrogen-bond acceptors (Lipinski definition) is 5. The van der Waals surface area contributed by atoms with Gasteiger partial charge >= 0.3 is 5.97 Å². The minimum absolute atomic E-state index is 0.0403. The predicted octanol–water partition coefficient (Wildman–Crippen LogP) is 0.101. The van der Waals surface area contributed by atoms with Crippen LogP contribution in [0.15, 0.2) is 40.2 Å². The molecule has 1 aromatic carbocycles. The summed E-state index contributed by atoms with van der Waals surface area (Å²) in [6, 6.07) is 7.35. The summed E-state index contributed by atoms with van der Waals surface area (Å²) in [5.74, 6) is -1.28. The van der Waals surface area contributed by atoms with E-state index in [0.717, 1.165) is 6.08 Å². The molecular formula is C10H10N2O5S. The van der Waals surface area contributed by atoms with Gasteiger partial charge in [-0.05, 0) is 12.1 Å². The van der Waals surface area contributed by atoms with Gasteiger partial charge in [0.25, 0.3) is 0 Å². The van der Waals surface area contributed by atoms with Gasteiger partial charge in [0.15, 0.2) is 0 Å². The molecule has 0 saturated heterocycles. The quantitative estimate of drug-likeness (QED) is 0.562. The summed E-state index contributed by atoms with van der Waals surface area (Å²) >= 11 is 0. The van der Waals surface area contributed by atoms with Gasteiger partial charge in [-0.1, -0.05) is 18.2 Å². The van der Waals surface area contributed by atoms with E-state index in [1.165, 1.54) is 24.3 Å². The first-order valence-corrected chi connectivity index (χ1v) is 6.30. The van der Waals surface area contributed by atoms with E-state index in [2.05, 4.69) is 4.99 Å². The van der Waals surface area contributed by atoms with Gasteiger partial charge in [-0.3, -0.25) is 4.79 Å². The summed E-state index contributed by atoms with van der Waals surface area (Å²) in [5.41, 5.74) is 0. The smallest absolute Gasteiger partial charge is 0.306 e. The Bertz CT molecular complexity index is 563. The topological polar surface area (TPSA) is 113 Å². The average Bonchev–Trinajstić information content (AvgIpc) is 2.29. The highest BCUT2D eigenvalue weighted by Gasteiger charge is 2.21. The minimum atomic E-state index is -3.91. The molecule has 1 atom stereocenters. The summed E-state index contributed by atoms with van der Waals surface area (Å²) in [6.45, 7) is 0. The highest BCUT2D eigenvalue weighted by Crippen LogP contribution is 2.09. The zero-order chi connectivity index (χ0) is 13.6. The van der Waals surface area contributed by atoms with Gasteiger partial charge in [-0.25, -0.2) is 13.2 Å². The number of carbonyl (C=O) groups excluding carboxylic acids is 1. The Hall–Kier alpha value is -2.02. The standard InChI is InChI=1S/C10H10N2O5S/c13-7-11-9(6-10(14)15)12-18(16,17)8-4-2-1-3-5-8/h1-5,9,12H,6H2,(H,14,15)/t9-/m0/s1. The molecule has 0 aromatic heterocycles. The van der Waals surface area contributed by atoms with Crippen molar-refractivity contribution in [3.05, 3.63) is 30.3 Å². The molecule has 0 spiro atoms. The molecule has 1 rings (SSSR count). The van der Waals surface area contributed by atoms with Crippen LogP contribution in [0.25, 0.3) is 0 Å². The van der Waals surface area contributed by atoms with Crippen molar-refractivity contribution in [1.82, 2.24) is 4.72 Å². The van der Waals surface area contributed by atoms with Gasteiger partial charge in [-0.2, -0.15) is 9.71 Å². The van der Waals surface area contributed by atoms with Crippen LogP contribution in [0.1, 0.15) is 6.42 Å². The van der Waals surface area contributed by atoms with Crippen LogP contribution >= 0.6 is 0 Å². The van der Waals surface area contributed by atoms with Crippen molar-refractivity contribution in [2.75, 3.05) is 0 Å². The number of hydrogen-bond donors (Lipinski definition) is 2. The van der Waals surface area contributed by atoms with Crippen molar-refractivity contribution < 1.29 is 23.1 Å². The van der Waals surface area contributed by atoms with Crippen LogP contribution in [-0.4, -0.2) is 31.7 Å². The van der Waals surface area contributed by atoms with E-state index in [4.69, 9.17) is 5.11 Å². The van der Waals surface area contributed by atoms with Gasteiger partial charge in [0.1, 0.15) is 6.17 Å².